The summed E-state index contributed by atoms with van der Waals surface area (Å²) in [6.07, 6.45) is 3.40. The van der Waals surface area contributed by atoms with E-state index in [1.54, 1.807) is 6.08 Å². The number of rotatable bonds is 5. The van der Waals surface area contributed by atoms with Crippen LogP contribution in [0.15, 0.2) is 54.6 Å². The standard InChI is InChI=1S/C22H26N2O2/c1-17(2)19-6-3-18(4-7-19)5-12-22(25)23-20-8-10-21(11-9-20)24-13-15-26-16-14-24/h3-12,17H,13-16H2,1-2H3,(H,23,25). The van der Waals surface area contributed by atoms with Gasteiger partial charge in [0.1, 0.15) is 0 Å². The third-order valence-corrected chi connectivity index (χ3v) is 4.54. The molecule has 0 radical (unpaired) electrons. The van der Waals surface area contributed by atoms with E-state index in [9.17, 15) is 4.79 Å². The van der Waals surface area contributed by atoms with Crippen LogP contribution < -0.4 is 10.2 Å². The van der Waals surface area contributed by atoms with Gasteiger partial charge in [-0.2, -0.15) is 0 Å². The summed E-state index contributed by atoms with van der Waals surface area (Å²) in [6.45, 7) is 7.68. The molecule has 4 nitrogen and oxygen atoms in total. The molecule has 3 rings (SSSR count). The molecule has 1 fully saturated rings. The molecule has 136 valence electrons. The first-order valence-corrected chi connectivity index (χ1v) is 9.13. The predicted molar refractivity (Wildman–Crippen MR) is 108 cm³/mol. The van der Waals surface area contributed by atoms with E-state index in [-0.39, 0.29) is 5.91 Å². The van der Waals surface area contributed by atoms with Crippen LogP contribution in [-0.4, -0.2) is 32.2 Å². The number of nitrogens with one attached hydrogen (secondary N) is 1. The maximum atomic E-state index is 12.1. The summed E-state index contributed by atoms with van der Waals surface area (Å²) in [5.41, 5.74) is 4.28. The molecule has 0 atom stereocenters. The third-order valence-electron chi connectivity index (χ3n) is 4.54. The zero-order chi connectivity index (χ0) is 18.4. The minimum absolute atomic E-state index is 0.128. The highest BCUT2D eigenvalue weighted by molar-refractivity contribution is 6.02. The Morgan fingerprint density at radius 3 is 2.31 bits per heavy atom. The average molecular weight is 350 g/mol. The summed E-state index contributed by atoms with van der Waals surface area (Å²) < 4.78 is 5.37. The fourth-order valence-corrected chi connectivity index (χ4v) is 2.92. The number of hydrogen-bond acceptors (Lipinski definition) is 3. The highest BCUT2D eigenvalue weighted by Gasteiger charge is 2.10. The topological polar surface area (TPSA) is 41.6 Å². The second-order valence-electron chi connectivity index (χ2n) is 6.79. The van der Waals surface area contributed by atoms with E-state index in [4.69, 9.17) is 4.74 Å². The number of anilines is 2. The SMILES string of the molecule is CC(C)c1ccc(C=CC(=O)Nc2ccc(N3CCOCC3)cc2)cc1. The van der Waals surface area contributed by atoms with Gasteiger partial charge >= 0.3 is 0 Å². The Morgan fingerprint density at radius 2 is 1.69 bits per heavy atom. The highest BCUT2D eigenvalue weighted by Crippen LogP contribution is 2.19. The zero-order valence-corrected chi connectivity index (χ0v) is 15.4. The van der Waals surface area contributed by atoms with Crippen molar-refractivity contribution in [2.45, 2.75) is 19.8 Å². The fraction of sp³-hybridized carbons (Fsp3) is 0.318. The molecular weight excluding hydrogens is 324 g/mol. The van der Waals surface area contributed by atoms with Crippen LogP contribution in [0.4, 0.5) is 11.4 Å². The van der Waals surface area contributed by atoms with Gasteiger partial charge in [0.05, 0.1) is 13.2 Å². The molecular formula is C22H26N2O2. The van der Waals surface area contributed by atoms with Gasteiger partial charge in [0.15, 0.2) is 0 Å². The summed E-state index contributed by atoms with van der Waals surface area (Å²) in [7, 11) is 0. The van der Waals surface area contributed by atoms with Crippen molar-refractivity contribution < 1.29 is 9.53 Å². The predicted octanol–water partition coefficient (Wildman–Crippen LogP) is 4.30. The molecule has 4 heteroatoms. The monoisotopic (exact) mass is 350 g/mol. The van der Waals surface area contributed by atoms with E-state index in [1.165, 1.54) is 5.56 Å². The number of hydrogen-bond donors (Lipinski definition) is 1. The van der Waals surface area contributed by atoms with Crippen LogP contribution >= 0.6 is 0 Å². The lowest BCUT2D eigenvalue weighted by Gasteiger charge is -2.28. The molecule has 0 aromatic heterocycles. The summed E-state index contributed by atoms with van der Waals surface area (Å²) in [6, 6.07) is 16.2. The number of carbonyl (C=O) groups excluding carboxylic acids is 1. The molecule has 1 amide bonds. The van der Waals surface area contributed by atoms with Gasteiger partial charge < -0.3 is 15.0 Å². The Hall–Kier alpha value is -2.59. The zero-order valence-electron chi connectivity index (χ0n) is 15.4. The van der Waals surface area contributed by atoms with Gasteiger partial charge in [-0.1, -0.05) is 38.1 Å². The van der Waals surface area contributed by atoms with Gasteiger partial charge in [-0.15, -0.1) is 0 Å². The van der Waals surface area contributed by atoms with Gasteiger partial charge in [-0.3, -0.25) is 4.79 Å². The molecule has 0 saturated carbocycles. The van der Waals surface area contributed by atoms with Crippen molar-refractivity contribution in [3.05, 3.63) is 65.7 Å². The van der Waals surface area contributed by atoms with Crippen molar-refractivity contribution in [2.75, 3.05) is 36.5 Å². The lowest BCUT2D eigenvalue weighted by atomic mass is 10.0. The first-order chi connectivity index (χ1) is 12.6. The molecule has 0 bridgehead atoms. The Bertz CT molecular complexity index is 743. The smallest absolute Gasteiger partial charge is 0.248 e. The first-order valence-electron chi connectivity index (χ1n) is 9.13. The largest absolute Gasteiger partial charge is 0.378 e. The summed E-state index contributed by atoms with van der Waals surface area (Å²) in [5, 5.41) is 2.90. The number of morpholine rings is 1. The first kappa shape index (κ1) is 18.2. The van der Waals surface area contributed by atoms with E-state index in [1.807, 2.05) is 42.5 Å². The molecule has 26 heavy (non-hydrogen) atoms. The number of carbonyl (C=O) groups is 1. The van der Waals surface area contributed by atoms with Crippen LogP contribution in [0.25, 0.3) is 6.08 Å². The van der Waals surface area contributed by atoms with Gasteiger partial charge in [-0.25, -0.2) is 0 Å². The molecule has 1 saturated heterocycles. The second-order valence-corrected chi connectivity index (χ2v) is 6.79. The number of ether oxygens (including phenoxy) is 1. The molecule has 0 aliphatic carbocycles. The van der Waals surface area contributed by atoms with E-state index < -0.39 is 0 Å². The van der Waals surface area contributed by atoms with E-state index >= 15 is 0 Å². The Kier molecular flexibility index (Phi) is 6.08. The van der Waals surface area contributed by atoms with Crippen molar-refractivity contribution in [1.82, 2.24) is 0 Å². The maximum absolute atomic E-state index is 12.1. The fourth-order valence-electron chi connectivity index (χ4n) is 2.92. The third kappa shape index (κ3) is 4.96. The van der Waals surface area contributed by atoms with Crippen LogP contribution in [0.2, 0.25) is 0 Å². The molecule has 0 unspecified atom stereocenters. The maximum Gasteiger partial charge on any atom is 0.248 e. The van der Waals surface area contributed by atoms with Crippen molar-refractivity contribution in [3.8, 4) is 0 Å². The number of amides is 1. The van der Waals surface area contributed by atoms with Crippen LogP contribution in [0.3, 0.4) is 0 Å². The van der Waals surface area contributed by atoms with Gasteiger partial charge in [-0.05, 0) is 47.4 Å². The Balaban J connectivity index is 1.55. The molecule has 2 aromatic carbocycles. The van der Waals surface area contributed by atoms with Crippen molar-refractivity contribution in [1.29, 1.82) is 0 Å². The molecule has 1 heterocycles. The van der Waals surface area contributed by atoms with Gasteiger partial charge in [0.2, 0.25) is 5.91 Å². The van der Waals surface area contributed by atoms with E-state index in [0.717, 1.165) is 43.2 Å². The second kappa shape index (κ2) is 8.68. The minimum Gasteiger partial charge on any atom is -0.378 e. The minimum atomic E-state index is -0.128. The number of nitrogens with zero attached hydrogens (tertiary/aromatic N) is 1. The summed E-state index contributed by atoms with van der Waals surface area (Å²) in [4.78, 5) is 14.4. The molecule has 2 aromatic rings. The molecule has 1 N–H and O–H groups in total. The van der Waals surface area contributed by atoms with E-state index in [2.05, 4.69) is 36.2 Å². The molecule has 1 aliphatic heterocycles. The van der Waals surface area contributed by atoms with Gasteiger partial charge in [0, 0.05) is 30.5 Å². The van der Waals surface area contributed by atoms with Crippen LogP contribution in [0.5, 0.6) is 0 Å². The van der Waals surface area contributed by atoms with Gasteiger partial charge in [0.25, 0.3) is 0 Å². The molecule has 0 spiro atoms. The van der Waals surface area contributed by atoms with Crippen molar-refractivity contribution in [2.24, 2.45) is 0 Å². The average Bonchev–Trinajstić information content (AvgIpc) is 2.68. The Labute approximate surface area is 155 Å². The van der Waals surface area contributed by atoms with E-state index in [0.29, 0.717) is 5.92 Å². The number of benzene rings is 2. The normalized spacial score (nSPS) is 14.8. The van der Waals surface area contributed by atoms with Crippen LogP contribution in [-0.2, 0) is 9.53 Å². The van der Waals surface area contributed by atoms with Crippen LogP contribution in [0, 0.1) is 0 Å². The quantitative estimate of drug-likeness (QED) is 0.818. The Morgan fingerprint density at radius 1 is 1.04 bits per heavy atom. The van der Waals surface area contributed by atoms with Crippen molar-refractivity contribution in [3.63, 3.8) is 0 Å². The van der Waals surface area contributed by atoms with Crippen molar-refractivity contribution >= 4 is 23.4 Å². The molecule has 1 aliphatic rings. The van der Waals surface area contributed by atoms with Crippen LogP contribution in [0.1, 0.15) is 30.9 Å². The lowest BCUT2D eigenvalue weighted by Crippen LogP contribution is -2.36. The highest BCUT2D eigenvalue weighted by atomic mass is 16.5. The lowest BCUT2D eigenvalue weighted by molar-refractivity contribution is -0.111. The summed E-state index contributed by atoms with van der Waals surface area (Å²) in [5.74, 6) is 0.383. The summed E-state index contributed by atoms with van der Waals surface area (Å²) >= 11 is 0.